The summed E-state index contributed by atoms with van der Waals surface area (Å²) in [4.78, 5) is 0. The van der Waals surface area contributed by atoms with Crippen LogP contribution in [0, 0.1) is 6.92 Å². The van der Waals surface area contributed by atoms with Crippen molar-refractivity contribution in [2.75, 3.05) is 0 Å². The van der Waals surface area contributed by atoms with Crippen LogP contribution in [-0.2, 0) is 6.18 Å². The molecule has 0 N–H and O–H groups in total. The van der Waals surface area contributed by atoms with Gasteiger partial charge in [-0.2, -0.15) is 13.2 Å². The summed E-state index contributed by atoms with van der Waals surface area (Å²) in [5.74, 6) is -0.750. The lowest BCUT2D eigenvalue weighted by atomic mass is 10.1. The van der Waals surface area contributed by atoms with Gasteiger partial charge in [0.2, 0.25) is 5.76 Å². The van der Waals surface area contributed by atoms with Crippen molar-refractivity contribution in [3.63, 3.8) is 0 Å². The van der Waals surface area contributed by atoms with E-state index >= 15 is 0 Å². The van der Waals surface area contributed by atoms with Crippen molar-refractivity contribution < 1.29 is 17.6 Å². The van der Waals surface area contributed by atoms with Crippen LogP contribution in [0.5, 0.6) is 0 Å². The molecule has 5 heteroatoms. The summed E-state index contributed by atoms with van der Waals surface area (Å²) in [6.45, 7) is 1.48. The van der Waals surface area contributed by atoms with Gasteiger partial charge < -0.3 is 4.42 Å². The third-order valence-electron chi connectivity index (χ3n) is 2.27. The van der Waals surface area contributed by atoms with Crippen LogP contribution in [0.2, 0.25) is 5.02 Å². The Morgan fingerprint density at radius 1 is 1.12 bits per heavy atom. The van der Waals surface area contributed by atoms with E-state index in [1.165, 1.54) is 25.1 Å². The second kappa shape index (κ2) is 4.11. The van der Waals surface area contributed by atoms with E-state index in [-0.39, 0.29) is 11.3 Å². The molecule has 0 amide bonds. The molecule has 0 unspecified atom stereocenters. The molecule has 0 saturated heterocycles. The smallest absolute Gasteiger partial charge is 0.450 e. The molecule has 0 atom stereocenters. The van der Waals surface area contributed by atoms with Crippen molar-refractivity contribution in [3.8, 4) is 11.1 Å². The van der Waals surface area contributed by atoms with Gasteiger partial charge in [-0.05, 0) is 30.7 Å². The van der Waals surface area contributed by atoms with Crippen LogP contribution in [0.3, 0.4) is 0 Å². The molecule has 17 heavy (non-hydrogen) atoms. The van der Waals surface area contributed by atoms with Crippen molar-refractivity contribution in [3.05, 3.63) is 46.9 Å². The molecule has 0 saturated carbocycles. The highest BCUT2D eigenvalue weighted by atomic mass is 35.5. The molecule has 2 rings (SSSR count). The molecule has 0 fully saturated rings. The monoisotopic (exact) mass is 260 g/mol. The van der Waals surface area contributed by atoms with Crippen LogP contribution in [0.15, 0.2) is 34.7 Å². The molecular formula is C12H8ClF3O. The van der Waals surface area contributed by atoms with Crippen LogP contribution in [0.4, 0.5) is 13.2 Å². The average molecular weight is 261 g/mol. The highest BCUT2D eigenvalue weighted by Crippen LogP contribution is 2.39. The summed E-state index contributed by atoms with van der Waals surface area (Å²) in [6.07, 6.45) is -4.50. The zero-order valence-electron chi connectivity index (χ0n) is 8.81. The van der Waals surface area contributed by atoms with Gasteiger partial charge in [-0.3, -0.25) is 0 Å². The fourth-order valence-corrected chi connectivity index (χ4v) is 1.69. The molecule has 1 aromatic heterocycles. The maximum Gasteiger partial charge on any atom is 0.450 e. The van der Waals surface area contributed by atoms with E-state index in [9.17, 15) is 13.2 Å². The Morgan fingerprint density at radius 2 is 1.71 bits per heavy atom. The summed E-state index contributed by atoms with van der Waals surface area (Å²) >= 11 is 5.69. The zero-order valence-corrected chi connectivity index (χ0v) is 9.56. The lowest BCUT2D eigenvalue weighted by molar-refractivity contribution is -0.152. The second-order valence-corrected chi connectivity index (χ2v) is 4.04. The summed E-state index contributed by atoms with van der Waals surface area (Å²) < 4.78 is 42.8. The van der Waals surface area contributed by atoms with E-state index in [2.05, 4.69) is 0 Å². The lowest BCUT2D eigenvalue weighted by Crippen LogP contribution is -2.04. The molecule has 0 aliphatic carbocycles. The molecule has 0 bridgehead atoms. The van der Waals surface area contributed by atoms with Crippen LogP contribution in [-0.4, -0.2) is 0 Å². The van der Waals surface area contributed by atoms with Gasteiger partial charge in [0.15, 0.2) is 0 Å². The predicted octanol–water partition coefficient (Wildman–Crippen LogP) is 4.93. The van der Waals surface area contributed by atoms with Crippen molar-refractivity contribution in [1.29, 1.82) is 0 Å². The minimum absolute atomic E-state index is 0.0340. The minimum atomic E-state index is -4.50. The van der Waals surface area contributed by atoms with Crippen LogP contribution < -0.4 is 0 Å². The number of benzene rings is 1. The summed E-state index contributed by atoms with van der Waals surface area (Å²) in [7, 11) is 0. The Labute approximate surface area is 101 Å². The highest BCUT2D eigenvalue weighted by Gasteiger charge is 2.38. The first-order chi connectivity index (χ1) is 7.88. The number of halogens is 4. The Kier molecular flexibility index (Phi) is 2.91. The van der Waals surface area contributed by atoms with Crippen LogP contribution in [0.1, 0.15) is 11.5 Å². The van der Waals surface area contributed by atoms with Crippen LogP contribution >= 0.6 is 11.6 Å². The number of rotatable bonds is 1. The van der Waals surface area contributed by atoms with Gasteiger partial charge in [0, 0.05) is 10.6 Å². The molecule has 1 nitrogen and oxygen atoms in total. The van der Waals surface area contributed by atoms with Gasteiger partial charge in [-0.15, -0.1) is 0 Å². The molecule has 2 aromatic rings. The fraction of sp³-hybridized carbons (Fsp3) is 0.167. The van der Waals surface area contributed by atoms with Crippen molar-refractivity contribution in [1.82, 2.24) is 0 Å². The van der Waals surface area contributed by atoms with Crippen LogP contribution in [0.25, 0.3) is 11.1 Å². The summed E-state index contributed by atoms with van der Waals surface area (Å²) in [5, 5.41) is 0.475. The first-order valence-electron chi connectivity index (χ1n) is 4.81. The topological polar surface area (TPSA) is 13.1 Å². The maximum atomic E-state index is 12.7. The first kappa shape index (κ1) is 12.0. The third-order valence-corrected chi connectivity index (χ3v) is 2.52. The normalized spacial score (nSPS) is 11.8. The van der Waals surface area contributed by atoms with Gasteiger partial charge in [0.1, 0.15) is 5.76 Å². The number of alkyl halides is 3. The van der Waals surface area contributed by atoms with E-state index in [1.54, 1.807) is 12.1 Å². The zero-order chi connectivity index (χ0) is 12.6. The second-order valence-electron chi connectivity index (χ2n) is 3.60. The van der Waals surface area contributed by atoms with Gasteiger partial charge >= 0.3 is 6.18 Å². The SMILES string of the molecule is Cc1cc(-c2ccc(Cl)cc2)c(C(F)(F)F)o1. The third kappa shape index (κ3) is 2.47. The van der Waals surface area contributed by atoms with Crippen molar-refractivity contribution in [2.45, 2.75) is 13.1 Å². The van der Waals surface area contributed by atoms with Crippen molar-refractivity contribution in [2.24, 2.45) is 0 Å². The van der Waals surface area contributed by atoms with Crippen molar-refractivity contribution >= 4 is 11.6 Å². The standard InChI is InChI=1S/C12H8ClF3O/c1-7-6-10(11(17-7)12(14,15)16)8-2-4-9(13)5-3-8/h2-6H,1H3. The Hall–Kier alpha value is -1.42. The molecule has 0 aliphatic heterocycles. The lowest BCUT2D eigenvalue weighted by Gasteiger charge is -2.06. The molecule has 0 aliphatic rings. The van der Waals surface area contributed by atoms with E-state index < -0.39 is 11.9 Å². The van der Waals surface area contributed by atoms with Gasteiger partial charge in [0.25, 0.3) is 0 Å². The molecule has 0 spiro atoms. The summed E-state index contributed by atoms with van der Waals surface area (Å²) in [6, 6.07) is 7.51. The predicted molar refractivity (Wildman–Crippen MR) is 58.9 cm³/mol. The number of aryl methyl sites for hydroxylation is 1. The molecule has 0 radical (unpaired) electrons. The summed E-state index contributed by atoms with van der Waals surface area (Å²) in [5.41, 5.74) is 0.463. The first-order valence-corrected chi connectivity index (χ1v) is 5.19. The highest BCUT2D eigenvalue weighted by molar-refractivity contribution is 6.30. The fourth-order valence-electron chi connectivity index (χ4n) is 1.57. The number of hydrogen-bond acceptors (Lipinski definition) is 1. The Morgan fingerprint density at radius 3 is 2.24 bits per heavy atom. The van der Waals surface area contributed by atoms with E-state index in [0.29, 0.717) is 10.6 Å². The van der Waals surface area contributed by atoms with E-state index in [4.69, 9.17) is 16.0 Å². The van der Waals surface area contributed by atoms with Gasteiger partial charge in [-0.25, -0.2) is 0 Å². The Bertz CT molecular complexity index is 526. The number of hydrogen-bond donors (Lipinski definition) is 0. The molecule has 90 valence electrons. The largest absolute Gasteiger partial charge is 0.456 e. The number of furan rings is 1. The van der Waals surface area contributed by atoms with E-state index in [1.807, 2.05) is 0 Å². The van der Waals surface area contributed by atoms with Gasteiger partial charge in [0.05, 0.1) is 0 Å². The van der Waals surface area contributed by atoms with Gasteiger partial charge in [-0.1, -0.05) is 23.7 Å². The minimum Gasteiger partial charge on any atom is -0.456 e. The van der Waals surface area contributed by atoms with E-state index in [0.717, 1.165) is 0 Å². The maximum absolute atomic E-state index is 12.7. The molecular weight excluding hydrogens is 253 g/mol. The molecule has 1 aromatic carbocycles. The average Bonchev–Trinajstić information content (AvgIpc) is 2.61. The quantitative estimate of drug-likeness (QED) is 0.709. The molecule has 1 heterocycles. The Balaban J connectivity index is 2.55.